The summed E-state index contributed by atoms with van der Waals surface area (Å²) in [5, 5.41) is 2.69. The minimum Gasteiger partial charge on any atom is -0.338 e. The molecular formula is C18H24N4O4. The van der Waals surface area contributed by atoms with Gasteiger partial charge in [0.25, 0.3) is 0 Å². The summed E-state index contributed by atoms with van der Waals surface area (Å²) >= 11 is 0. The Kier molecular flexibility index (Phi) is 7.14. The van der Waals surface area contributed by atoms with E-state index >= 15 is 0 Å². The van der Waals surface area contributed by atoms with Gasteiger partial charge in [-0.2, -0.15) is 0 Å². The van der Waals surface area contributed by atoms with E-state index < -0.39 is 35.1 Å². The second-order valence-corrected chi connectivity index (χ2v) is 5.71. The first-order valence-electron chi connectivity index (χ1n) is 8.25. The van der Waals surface area contributed by atoms with Crippen LogP contribution in [0, 0.1) is 12.3 Å². The fraction of sp³-hybridized carbons (Fsp3) is 0.444. The number of hydrogen-bond acceptors (Lipinski definition) is 4. The Hall–Kier alpha value is -3.08. The number of nitrogens with zero attached hydrogens (tertiary/aromatic N) is 3. The summed E-state index contributed by atoms with van der Waals surface area (Å²) in [6.07, 6.45) is 9.21. The van der Waals surface area contributed by atoms with Gasteiger partial charge >= 0.3 is 17.1 Å². The van der Waals surface area contributed by atoms with Crippen LogP contribution in [0.1, 0.15) is 26.7 Å². The average molecular weight is 360 g/mol. The summed E-state index contributed by atoms with van der Waals surface area (Å²) in [6, 6.07) is 0. The summed E-state index contributed by atoms with van der Waals surface area (Å²) in [6.45, 7) is 9.92. The molecule has 1 N–H and O–H groups in total. The van der Waals surface area contributed by atoms with E-state index in [2.05, 4.69) is 24.4 Å². The van der Waals surface area contributed by atoms with Crippen LogP contribution < -0.4 is 22.4 Å². The molecule has 1 rings (SSSR count). The monoisotopic (exact) mass is 360 g/mol. The van der Waals surface area contributed by atoms with Gasteiger partial charge in [0.2, 0.25) is 5.91 Å². The molecule has 0 radical (unpaired) electrons. The largest absolute Gasteiger partial charge is 0.338 e. The molecular weight excluding hydrogens is 336 g/mol. The summed E-state index contributed by atoms with van der Waals surface area (Å²) in [5.41, 5.74) is -3.39. The molecule has 0 aliphatic rings. The van der Waals surface area contributed by atoms with Crippen LogP contribution in [0.5, 0.6) is 0 Å². The first-order chi connectivity index (χ1) is 12.3. The van der Waals surface area contributed by atoms with Gasteiger partial charge in [-0.15, -0.1) is 19.6 Å². The standard InChI is InChI=1S/C18H24N4O4/c1-6-11-20-15(24)21(12-7-2)17(26)22(16(20)25)13-14(23)19-18(8-3,9-4)10-5/h3,6-7H,1-2,9-13H2,4-5H3,(H,19,23). The molecule has 0 fully saturated rings. The van der Waals surface area contributed by atoms with Crippen molar-refractivity contribution in [2.45, 2.75) is 51.9 Å². The molecule has 140 valence electrons. The van der Waals surface area contributed by atoms with Gasteiger partial charge in [-0.1, -0.05) is 31.9 Å². The molecule has 1 aromatic rings. The van der Waals surface area contributed by atoms with Crippen LogP contribution in [0.3, 0.4) is 0 Å². The topological polar surface area (TPSA) is 95.1 Å². The van der Waals surface area contributed by atoms with Gasteiger partial charge in [0, 0.05) is 0 Å². The van der Waals surface area contributed by atoms with E-state index in [4.69, 9.17) is 6.42 Å². The molecule has 0 atom stereocenters. The zero-order chi connectivity index (χ0) is 19.9. The SMILES string of the molecule is C#CC(CC)(CC)NC(=O)Cn1c(=O)n(CC=C)c(=O)n(CC=C)c1=O. The van der Waals surface area contributed by atoms with Crippen LogP contribution in [0.25, 0.3) is 0 Å². The number of aromatic nitrogens is 3. The second kappa shape index (κ2) is 8.85. The Bertz CT molecular complexity index is 859. The van der Waals surface area contributed by atoms with Crippen LogP contribution in [-0.4, -0.2) is 25.1 Å². The zero-order valence-corrected chi connectivity index (χ0v) is 15.2. The van der Waals surface area contributed by atoms with Gasteiger partial charge in [-0.3, -0.25) is 4.79 Å². The lowest BCUT2D eigenvalue weighted by molar-refractivity contribution is -0.123. The van der Waals surface area contributed by atoms with Crippen molar-refractivity contribution in [2.24, 2.45) is 0 Å². The van der Waals surface area contributed by atoms with Gasteiger partial charge in [0.15, 0.2) is 0 Å². The molecule has 0 unspecified atom stereocenters. The van der Waals surface area contributed by atoms with E-state index in [-0.39, 0.29) is 13.1 Å². The lowest BCUT2D eigenvalue weighted by Gasteiger charge is -2.27. The molecule has 0 saturated heterocycles. The van der Waals surface area contributed by atoms with Crippen molar-refractivity contribution in [3.8, 4) is 12.3 Å². The van der Waals surface area contributed by atoms with Crippen molar-refractivity contribution in [1.29, 1.82) is 0 Å². The number of allylic oxidation sites excluding steroid dienone is 2. The lowest BCUT2D eigenvalue weighted by atomic mass is 9.94. The Balaban J connectivity index is 3.43. The van der Waals surface area contributed by atoms with E-state index in [0.717, 1.165) is 9.13 Å². The fourth-order valence-corrected chi connectivity index (χ4v) is 2.51. The van der Waals surface area contributed by atoms with Gasteiger partial charge in [0.1, 0.15) is 12.1 Å². The smallest absolute Gasteiger partial charge is 0.337 e. The van der Waals surface area contributed by atoms with Crippen molar-refractivity contribution < 1.29 is 4.79 Å². The molecule has 0 saturated carbocycles. The summed E-state index contributed by atoms with van der Waals surface area (Å²) in [4.78, 5) is 49.6. The normalized spacial score (nSPS) is 10.8. The molecule has 1 aromatic heterocycles. The van der Waals surface area contributed by atoms with Crippen LogP contribution in [0.2, 0.25) is 0 Å². The Morgan fingerprint density at radius 2 is 1.46 bits per heavy atom. The molecule has 8 heteroatoms. The Morgan fingerprint density at radius 3 is 1.81 bits per heavy atom. The third-order valence-electron chi connectivity index (χ3n) is 4.17. The maximum absolute atomic E-state index is 12.5. The maximum Gasteiger partial charge on any atom is 0.337 e. The minimum absolute atomic E-state index is 0.0884. The number of carbonyl (C=O) groups is 1. The second-order valence-electron chi connectivity index (χ2n) is 5.71. The quantitative estimate of drug-likeness (QED) is 0.489. The van der Waals surface area contributed by atoms with Crippen LogP contribution in [-0.2, 0) is 24.4 Å². The van der Waals surface area contributed by atoms with Gasteiger partial charge < -0.3 is 5.32 Å². The van der Waals surface area contributed by atoms with Crippen LogP contribution in [0.4, 0.5) is 0 Å². The zero-order valence-electron chi connectivity index (χ0n) is 15.2. The van der Waals surface area contributed by atoms with E-state index in [1.165, 1.54) is 12.2 Å². The number of amides is 1. The van der Waals surface area contributed by atoms with Crippen molar-refractivity contribution in [3.05, 3.63) is 56.8 Å². The van der Waals surface area contributed by atoms with Crippen molar-refractivity contribution in [1.82, 2.24) is 19.0 Å². The third kappa shape index (κ3) is 4.11. The predicted octanol–water partition coefficient (Wildman–Crippen LogP) is -0.148. The molecule has 0 aromatic carbocycles. The van der Waals surface area contributed by atoms with E-state index in [0.29, 0.717) is 17.4 Å². The van der Waals surface area contributed by atoms with Crippen LogP contribution in [0.15, 0.2) is 39.7 Å². The summed E-state index contributed by atoms with van der Waals surface area (Å²) in [7, 11) is 0. The van der Waals surface area contributed by atoms with Gasteiger partial charge in [-0.05, 0) is 12.8 Å². The molecule has 26 heavy (non-hydrogen) atoms. The molecule has 0 spiro atoms. The molecule has 1 heterocycles. The highest BCUT2D eigenvalue weighted by Gasteiger charge is 2.26. The van der Waals surface area contributed by atoms with Crippen molar-refractivity contribution in [2.75, 3.05) is 0 Å². The van der Waals surface area contributed by atoms with Gasteiger partial charge in [0.05, 0.1) is 13.1 Å². The fourth-order valence-electron chi connectivity index (χ4n) is 2.51. The Labute approximate surface area is 151 Å². The van der Waals surface area contributed by atoms with Crippen molar-refractivity contribution in [3.63, 3.8) is 0 Å². The molecule has 0 aliphatic heterocycles. The predicted molar refractivity (Wildman–Crippen MR) is 99.9 cm³/mol. The average Bonchev–Trinajstić information content (AvgIpc) is 2.64. The molecule has 8 nitrogen and oxygen atoms in total. The molecule has 0 bridgehead atoms. The highest BCUT2D eigenvalue weighted by molar-refractivity contribution is 5.77. The number of terminal acetylenes is 1. The maximum atomic E-state index is 12.5. The molecule has 0 aliphatic carbocycles. The van der Waals surface area contributed by atoms with E-state index in [1.54, 1.807) is 0 Å². The lowest BCUT2D eigenvalue weighted by Crippen LogP contribution is -2.56. The highest BCUT2D eigenvalue weighted by Crippen LogP contribution is 2.13. The highest BCUT2D eigenvalue weighted by atomic mass is 16.2. The minimum atomic E-state index is -0.880. The number of nitrogens with one attached hydrogen (secondary N) is 1. The van der Waals surface area contributed by atoms with E-state index in [9.17, 15) is 19.2 Å². The molecule has 1 amide bonds. The van der Waals surface area contributed by atoms with Gasteiger partial charge in [-0.25, -0.2) is 28.1 Å². The number of hydrogen-bond donors (Lipinski definition) is 1. The van der Waals surface area contributed by atoms with Crippen LogP contribution >= 0.6 is 0 Å². The summed E-state index contributed by atoms with van der Waals surface area (Å²) in [5.74, 6) is 1.97. The summed E-state index contributed by atoms with van der Waals surface area (Å²) < 4.78 is 2.37. The Morgan fingerprint density at radius 1 is 1.04 bits per heavy atom. The first kappa shape index (κ1) is 21.0. The number of rotatable bonds is 9. The van der Waals surface area contributed by atoms with Crippen molar-refractivity contribution >= 4 is 5.91 Å². The first-order valence-corrected chi connectivity index (χ1v) is 8.25. The van der Waals surface area contributed by atoms with E-state index in [1.807, 2.05) is 13.8 Å². The third-order valence-corrected chi connectivity index (χ3v) is 4.17. The number of carbonyl (C=O) groups excluding carboxylic acids is 1.